The number of aliphatic hydroxyl groups excluding tert-OH is 1. The van der Waals surface area contributed by atoms with Gasteiger partial charge in [-0.15, -0.1) is 0 Å². The minimum Gasteiger partial charge on any atom is -0.393 e. The number of fused-ring (bicyclic) bond motifs is 1. The summed E-state index contributed by atoms with van der Waals surface area (Å²) in [6.45, 7) is 3.39. The molecule has 1 aliphatic carbocycles. The first-order valence-electron chi connectivity index (χ1n) is 6.15. The molecule has 0 aliphatic heterocycles. The molecule has 1 N–H and O–H groups in total. The van der Waals surface area contributed by atoms with Gasteiger partial charge >= 0.3 is 0 Å². The normalized spacial score (nSPS) is 20.0. The van der Waals surface area contributed by atoms with E-state index in [1.54, 1.807) is 0 Å². The van der Waals surface area contributed by atoms with Crippen molar-refractivity contribution in [1.29, 1.82) is 0 Å². The summed E-state index contributed by atoms with van der Waals surface area (Å²) in [6, 6.07) is 8.52. The quantitative estimate of drug-likeness (QED) is 0.746. The minimum absolute atomic E-state index is 0.218. The molecule has 0 saturated carbocycles. The fourth-order valence-electron chi connectivity index (χ4n) is 2.38. The van der Waals surface area contributed by atoms with Gasteiger partial charge < -0.3 is 9.84 Å². The van der Waals surface area contributed by atoms with Gasteiger partial charge in [-0.3, -0.25) is 0 Å². The summed E-state index contributed by atoms with van der Waals surface area (Å²) in [5.74, 6) is 0.563. The Balaban J connectivity index is 1.76. The van der Waals surface area contributed by atoms with Crippen LogP contribution in [0.2, 0.25) is 0 Å². The lowest BCUT2D eigenvalue weighted by Crippen LogP contribution is -2.23. The van der Waals surface area contributed by atoms with E-state index in [9.17, 15) is 5.11 Å². The molecule has 2 rings (SSSR count). The number of ether oxygens (including phenoxy) is 1. The highest BCUT2D eigenvalue weighted by atomic mass is 16.5. The van der Waals surface area contributed by atoms with Gasteiger partial charge in [0.2, 0.25) is 0 Å². The van der Waals surface area contributed by atoms with Crippen molar-refractivity contribution in [3.05, 3.63) is 35.4 Å². The van der Waals surface area contributed by atoms with Crippen molar-refractivity contribution >= 4 is 0 Å². The molecule has 16 heavy (non-hydrogen) atoms. The molecule has 0 amide bonds. The van der Waals surface area contributed by atoms with E-state index in [-0.39, 0.29) is 6.10 Å². The van der Waals surface area contributed by atoms with Gasteiger partial charge in [-0.1, -0.05) is 24.3 Å². The van der Waals surface area contributed by atoms with Gasteiger partial charge in [-0.2, -0.15) is 0 Å². The fraction of sp³-hybridized carbons (Fsp3) is 0.571. The Morgan fingerprint density at radius 2 is 2.25 bits per heavy atom. The maximum absolute atomic E-state index is 9.86. The van der Waals surface area contributed by atoms with Crippen LogP contribution >= 0.6 is 0 Å². The summed E-state index contributed by atoms with van der Waals surface area (Å²) < 4.78 is 5.25. The first kappa shape index (κ1) is 11.6. The highest BCUT2D eigenvalue weighted by Gasteiger charge is 2.27. The van der Waals surface area contributed by atoms with Crippen LogP contribution in [0.4, 0.5) is 0 Å². The van der Waals surface area contributed by atoms with E-state index in [1.807, 2.05) is 6.92 Å². The highest BCUT2D eigenvalue weighted by molar-refractivity contribution is 5.39. The molecule has 88 valence electrons. The average Bonchev–Trinajstić information content (AvgIpc) is 2.26. The van der Waals surface area contributed by atoms with E-state index in [2.05, 4.69) is 24.3 Å². The predicted octanol–water partition coefficient (Wildman–Crippen LogP) is 2.50. The topological polar surface area (TPSA) is 29.5 Å². The Morgan fingerprint density at radius 1 is 1.44 bits per heavy atom. The maximum Gasteiger partial charge on any atom is 0.0568 e. The Labute approximate surface area is 97.3 Å². The molecule has 2 unspecified atom stereocenters. The third kappa shape index (κ3) is 2.63. The van der Waals surface area contributed by atoms with Gasteiger partial charge in [0.05, 0.1) is 6.10 Å². The van der Waals surface area contributed by atoms with Crippen LogP contribution in [0.3, 0.4) is 0 Å². The molecular formula is C14H20O2. The van der Waals surface area contributed by atoms with Crippen LogP contribution < -0.4 is 0 Å². The molecule has 0 fully saturated rings. The Hall–Kier alpha value is -0.860. The van der Waals surface area contributed by atoms with Crippen LogP contribution in [-0.4, -0.2) is 24.4 Å². The van der Waals surface area contributed by atoms with Crippen molar-refractivity contribution in [2.45, 2.75) is 38.2 Å². The summed E-state index contributed by atoms with van der Waals surface area (Å²) in [4.78, 5) is 0. The van der Waals surface area contributed by atoms with Crippen molar-refractivity contribution in [3.63, 3.8) is 0 Å². The summed E-state index contributed by atoms with van der Waals surface area (Å²) in [6.07, 6.45) is 2.54. The Kier molecular flexibility index (Phi) is 3.97. The lowest BCUT2D eigenvalue weighted by atomic mass is 9.74. The lowest BCUT2D eigenvalue weighted by Gasteiger charge is -2.31. The zero-order chi connectivity index (χ0) is 11.4. The molecule has 0 heterocycles. The fourth-order valence-corrected chi connectivity index (χ4v) is 2.38. The van der Waals surface area contributed by atoms with Gasteiger partial charge in [0.1, 0.15) is 0 Å². The Morgan fingerprint density at radius 3 is 3.00 bits per heavy atom. The second kappa shape index (κ2) is 5.46. The maximum atomic E-state index is 9.86. The number of benzene rings is 1. The molecule has 2 atom stereocenters. The molecule has 2 heteroatoms. The van der Waals surface area contributed by atoms with Crippen molar-refractivity contribution in [2.75, 3.05) is 13.2 Å². The summed E-state index contributed by atoms with van der Waals surface area (Å²) in [7, 11) is 0. The molecule has 0 saturated heterocycles. The van der Waals surface area contributed by atoms with Crippen LogP contribution in [0, 0.1) is 0 Å². The lowest BCUT2D eigenvalue weighted by molar-refractivity contribution is 0.0790. The third-order valence-corrected chi connectivity index (χ3v) is 3.32. The number of rotatable bonds is 6. The summed E-state index contributed by atoms with van der Waals surface area (Å²) >= 11 is 0. The molecule has 0 aromatic heterocycles. The molecular weight excluding hydrogens is 200 g/mol. The van der Waals surface area contributed by atoms with Crippen LogP contribution in [0.25, 0.3) is 0 Å². The predicted molar refractivity (Wildman–Crippen MR) is 64.6 cm³/mol. The van der Waals surface area contributed by atoms with Crippen LogP contribution in [0.1, 0.15) is 36.8 Å². The summed E-state index contributed by atoms with van der Waals surface area (Å²) in [5, 5.41) is 9.86. The van der Waals surface area contributed by atoms with Gasteiger partial charge in [0.15, 0.2) is 0 Å². The zero-order valence-electron chi connectivity index (χ0n) is 9.86. The third-order valence-electron chi connectivity index (χ3n) is 3.32. The molecule has 2 nitrogen and oxygen atoms in total. The summed E-state index contributed by atoms with van der Waals surface area (Å²) in [5.41, 5.74) is 2.88. The first-order valence-corrected chi connectivity index (χ1v) is 6.15. The second-order valence-electron chi connectivity index (χ2n) is 4.47. The Bertz CT molecular complexity index is 335. The van der Waals surface area contributed by atoms with E-state index < -0.39 is 0 Å². The molecule has 0 spiro atoms. The monoisotopic (exact) mass is 220 g/mol. The van der Waals surface area contributed by atoms with Crippen molar-refractivity contribution in [3.8, 4) is 0 Å². The number of hydrogen-bond acceptors (Lipinski definition) is 2. The first-order chi connectivity index (χ1) is 7.81. The van der Waals surface area contributed by atoms with E-state index in [0.29, 0.717) is 12.5 Å². The van der Waals surface area contributed by atoms with Crippen LogP contribution in [0.5, 0.6) is 0 Å². The van der Waals surface area contributed by atoms with Crippen molar-refractivity contribution in [1.82, 2.24) is 0 Å². The van der Waals surface area contributed by atoms with E-state index in [1.165, 1.54) is 11.1 Å². The number of aliphatic hydroxyl groups is 1. The van der Waals surface area contributed by atoms with Crippen molar-refractivity contribution < 1.29 is 9.84 Å². The largest absolute Gasteiger partial charge is 0.393 e. The second-order valence-corrected chi connectivity index (χ2v) is 4.47. The number of hydrogen-bond donors (Lipinski definition) is 1. The highest BCUT2D eigenvalue weighted by Crippen LogP contribution is 2.38. The molecule has 0 bridgehead atoms. The molecule has 1 aliphatic rings. The van der Waals surface area contributed by atoms with Gasteiger partial charge in [0, 0.05) is 13.2 Å². The van der Waals surface area contributed by atoms with Crippen LogP contribution in [0.15, 0.2) is 24.3 Å². The molecule has 1 aromatic rings. The van der Waals surface area contributed by atoms with Crippen LogP contribution in [-0.2, 0) is 11.2 Å². The van der Waals surface area contributed by atoms with E-state index in [4.69, 9.17) is 4.74 Å². The molecule has 0 radical (unpaired) electrons. The van der Waals surface area contributed by atoms with E-state index >= 15 is 0 Å². The van der Waals surface area contributed by atoms with Crippen molar-refractivity contribution in [2.24, 2.45) is 0 Å². The standard InChI is InChI=1S/C14H20O2/c1-2-16-8-7-13(15)10-12-9-11-5-3-4-6-14(11)12/h3-6,12-13,15H,2,7-10H2,1H3. The minimum atomic E-state index is -0.218. The van der Waals surface area contributed by atoms with Gasteiger partial charge in [-0.25, -0.2) is 0 Å². The smallest absolute Gasteiger partial charge is 0.0568 e. The SMILES string of the molecule is CCOCCC(O)CC1Cc2ccccc21. The zero-order valence-corrected chi connectivity index (χ0v) is 9.86. The average molecular weight is 220 g/mol. The van der Waals surface area contributed by atoms with E-state index in [0.717, 1.165) is 25.9 Å². The van der Waals surface area contributed by atoms with Gasteiger partial charge in [0.25, 0.3) is 0 Å². The molecule has 1 aromatic carbocycles. The van der Waals surface area contributed by atoms with Gasteiger partial charge in [-0.05, 0) is 43.2 Å².